The molecule has 1 aromatic heterocycles. The maximum Gasteiger partial charge on any atom is 0.0222 e. The predicted octanol–water partition coefficient (Wildman–Crippen LogP) is 2.44. The van der Waals surface area contributed by atoms with E-state index in [0.717, 1.165) is 0 Å². The number of rotatable bonds is 0. The van der Waals surface area contributed by atoms with Crippen molar-refractivity contribution in [2.45, 2.75) is 39.7 Å². The van der Waals surface area contributed by atoms with Gasteiger partial charge in [-0.3, -0.25) is 0 Å². The van der Waals surface area contributed by atoms with Crippen molar-refractivity contribution in [3.63, 3.8) is 0 Å². The maximum absolute atomic E-state index is 2.42. The van der Waals surface area contributed by atoms with Crippen molar-refractivity contribution in [1.29, 1.82) is 0 Å². The summed E-state index contributed by atoms with van der Waals surface area (Å²) in [4.78, 5) is 0. The molecule has 0 unspecified atom stereocenters. The van der Waals surface area contributed by atoms with E-state index in [1.807, 2.05) is 0 Å². The van der Waals surface area contributed by atoms with Gasteiger partial charge in [-0.05, 0) is 44.2 Å². The molecule has 0 saturated carbocycles. The van der Waals surface area contributed by atoms with Crippen molar-refractivity contribution in [3.05, 3.63) is 23.0 Å². The third kappa shape index (κ3) is 0.991. The van der Waals surface area contributed by atoms with Gasteiger partial charge < -0.3 is 4.57 Å². The van der Waals surface area contributed by atoms with Crippen LogP contribution in [0.15, 0.2) is 6.20 Å². The molecule has 0 saturated heterocycles. The molecule has 1 nitrogen and oxygen atoms in total. The van der Waals surface area contributed by atoms with Crippen molar-refractivity contribution < 1.29 is 0 Å². The van der Waals surface area contributed by atoms with Crippen LogP contribution in [0.25, 0.3) is 0 Å². The van der Waals surface area contributed by atoms with Gasteiger partial charge in [-0.15, -0.1) is 0 Å². The summed E-state index contributed by atoms with van der Waals surface area (Å²) in [6.07, 6.45) is 6.33. The normalized spacial score (nSPS) is 16.5. The van der Waals surface area contributed by atoms with Gasteiger partial charge in [-0.2, -0.15) is 0 Å². The van der Waals surface area contributed by atoms with E-state index in [-0.39, 0.29) is 0 Å². The number of nitrogens with zero attached hydrogens (tertiary/aromatic N) is 1. The molecule has 0 fully saturated rings. The Labute approximate surface area is 68.0 Å². The summed E-state index contributed by atoms with van der Waals surface area (Å²) in [6, 6.07) is 0. The first kappa shape index (κ1) is 6.96. The van der Waals surface area contributed by atoms with Gasteiger partial charge in [0.15, 0.2) is 0 Å². The fourth-order valence-electron chi connectivity index (χ4n) is 1.96. The second-order valence-electron chi connectivity index (χ2n) is 3.53. The maximum atomic E-state index is 2.42. The fraction of sp³-hybridized carbons (Fsp3) is 0.600. The van der Waals surface area contributed by atoms with Crippen LogP contribution in [0.4, 0.5) is 0 Å². The monoisotopic (exact) mass is 149 g/mol. The highest BCUT2D eigenvalue weighted by Gasteiger charge is 2.12. The van der Waals surface area contributed by atoms with Crippen LogP contribution < -0.4 is 0 Å². The lowest BCUT2D eigenvalue weighted by Gasteiger charge is -2.15. The minimum absolute atomic E-state index is 1.24. The highest BCUT2D eigenvalue weighted by molar-refractivity contribution is 5.30. The van der Waals surface area contributed by atoms with E-state index < -0.39 is 0 Å². The molecule has 1 aliphatic rings. The van der Waals surface area contributed by atoms with E-state index in [4.69, 9.17) is 0 Å². The van der Waals surface area contributed by atoms with Gasteiger partial charge in [-0.25, -0.2) is 0 Å². The minimum atomic E-state index is 1.24. The molecule has 0 amide bonds. The summed E-state index contributed by atoms with van der Waals surface area (Å²) in [5.41, 5.74) is 4.56. The molecule has 0 N–H and O–H groups in total. The molecule has 2 heterocycles. The van der Waals surface area contributed by atoms with Crippen LogP contribution in [0.2, 0.25) is 0 Å². The van der Waals surface area contributed by atoms with E-state index in [9.17, 15) is 0 Å². The van der Waals surface area contributed by atoms with Gasteiger partial charge in [0.1, 0.15) is 0 Å². The lowest BCUT2D eigenvalue weighted by Crippen LogP contribution is -2.08. The Hall–Kier alpha value is -0.720. The molecule has 1 aliphatic heterocycles. The van der Waals surface area contributed by atoms with Crippen LogP contribution in [0.1, 0.15) is 29.7 Å². The lowest BCUT2D eigenvalue weighted by atomic mass is 10.1. The Morgan fingerprint density at radius 3 is 2.82 bits per heavy atom. The Kier molecular flexibility index (Phi) is 1.52. The van der Waals surface area contributed by atoms with Crippen LogP contribution in [0.3, 0.4) is 0 Å². The Morgan fingerprint density at radius 1 is 1.27 bits per heavy atom. The van der Waals surface area contributed by atoms with E-state index >= 15 is 0 Å². The van der Waals surface area contributed by atoms with Crippen molar-refractivity contribution in [2.24, 2.45) is 0 Å². The second-order valence-corrected chi connectivity index (χ2v) is 3.53. The zero-order chi connectivity index (χ0) is 7.84. The van der Waals surface area contributed by atoms with E-state index in [0.29, 0.717) is 0 Å². The highest BCUT2D eigenvalue weighted by atomic mass is 15.0. The summed E-state index contributed by atoms with van der Waals surface area (Å²) in [7, 11) is 0. The Balaban J connectivity index is 2.50. The molecule has 11 heavy (non-hydrogen) atoms. The predicted molar refractivity (Wildman–Crippen MR) is 46.8 cm³/mol. The highest BCUT2D eigenvalue weighted by Crippen LogP contribution is 2.22. The van der Waals surface area contributed by atoms with Gasteiger partial charge in [0.2, 0.25) is 0 Å². The topological polar surface area (TPSA) is 4.93 Å². The quantitative estimate of drug-likeness (QED) is 0.534. The molecule has 0 radical (unpaired) electrons. The third-order valence-corrected chi connectivity index (χ3v) is 2.78. The summed E-state index contributed by atoms with van der Waals surface area (Å²) < 4.78 is 2.42. The molecule has 0 atom stereocenters. The van der Waals surface area contributed by atoms with Crippen LogP contribution in [-0.2, 0) is 13.0 Å². The van der Waals surface area contributed by atoms with Gasteiger partial charge in [0.25, 0.3) is 0 Å². The second kappa shape index (κ2) is 2.40. The molecule has 1 aromatic rings. The molecule has 60 valence electrons. The van der Waals surface area contributed by atoms with Gasteiger partial charge in [-0.1, -0.05) is 0 Å². The number of aryl methyl sites for hydroxylation is 2. The smallest absolute Gasteiger partial charge is 0.0222 e. The van der Waals surface area contributed by atoms with Crippen molar-refractivity contribution >= 4 is 0 Å². The van der Waals surface area contributed by atoms with Gasteiger partial charge in [0, 0.05) is 18.4 Å². The van der Waals surface area contributed by atoms with Crippen LogP contribution >= 0.6 is 0 Å². The summed E-state index contributed by atoms with van der Waals surface area (Å²) >= 11 is 0. The van der Waals surface area contributed by atoms with Gasteiger partial charge in [0.05, 0.1) is 0 Å². The lowest BCUT2D eigenvalue weighted by molar-refractivity contribution is 0.531. The first-order valence-corrected chi connectivity index (χ1v) is 4.44. The van der Waals surface area contributed by atoms with Crippen LogP contribution in [0.5, 0.6) is 0 Å². The largest absolute Gasteiger partial charge is 0.351 e. The number of aromatic nitrogens is 1. The molecule has 0 aromatic carbocycles. The summed E-state index contributed by atoms with van der Waals surface area (Å²) in [6.45, 7) is 5.69. The standard InChI is InChI=1S/C10H15N/c1-8-7-11-6-4-3-5-10(11)9(8)2/h7H,3-6H2,1-2H3. The number of fused-ring (bicyclic) bond motifs is 1. The Morgan fingerprint density at radius 2 is 2.09 bits per heavy atom. The molecular weight excluding hydrogens is 134 g/mol. The van der Waals surface area contributed by atoms with Crippen LogP contribution in [0, 0.1) is 13.8 Å². The molecule has 1 heteroatoms. The van der Waals surface area contributed by atoms with E-state index in [1.54, 1.807) is 5.69 Å². The SMILES string of the molecule is Cc1cn2c(c1C)CCCC2. The van der Waals surface area contributed by atoms with Gasteiger partial charge >= 0.3 is 0 Å². The van der Waals surface area contributed by atoms with E-state index in [1.165, 1.54) is 36.9 Å². The van der Waals surface area contributed by atoms with Crippen molar-refractivity contribution in [1.82, 2.24) is 4.57 Å². The van der Waals surface area contributed by atoms with Crippen molar-refractivity contribution in [3.8, 4) is 0 Å². The average molecular weight is 149 g/mol. The zero-order valence-electron chi connectivity index (χ0n) is 7.35. The average Bonchev–Trinajstić information content (AvgIpc) is 2.30. The molecule has 0 bridgehead atoms. The number of hydrogen-bond acceptors (Lipinski definition) is 0. The molecule has 2 rings (SSSR count). The van der Waals surface area contributed by atoms with E-state index in [2.05, 4.69) is 24.6 Å². The third-order valence-electron chi connectivity index (χ3n) is 2.78. The molecule has 0 spiro atoms. The minimum Gasteiger partial charge on any atom is -0.351 e. The first-order chi connectivity index (χ1) is 5.29. The summed E-state index contributed by atoms with van der Waals surface area (Å²) in [5.74, 6) is 0. The zero-order valence-corrected chi connectivity index (χ0v) is 7.35. The summed E-state index contributed by atoms with van der Waals surface area (Å²) in [5, 5.41) is 0. The molecular formula is C10H15N. The molecule has 0 aliphatic carbocycles. The Bertz CT molecular complexity index is 271. The van der Waals surface area contributed by atoms with Crippen molar-refractivity contribution in [2.75, 3.05) is 0 Å². The fourth-order valence-corrected chi connectivity index (χ4v) is 1.96. The first-order valence-electron chi connectivity index (χ1n) is 4.44. The number of hydrogen-bond donors (Lipinski definition) is 0. The van der Waals surface area contributed by atoms with Crippen LogP contribution in [-0.4, -0.2) is 4.57 Å².